The molecule has 4 nitrogen and oxygen atoms in total. The van der Waals surface area contributed by atoms with Crippen molar-refractivity contribution in [1.29, 1.82) is 0 Å². The Bertz CT molecular complexity index is 402. The Kier molecular flexibility index (Phi) is 5.65. The van der Waals surface area contributed by atoms with E-state index in [1.807, 2.05) is 44.1 Å². The Labute approximate surface area is 109 Å². The summed E-state index contributed by atoms with van der Waals surface area (Å²) in [5.74, 6) is -0.0111. The van der Waals surface area contributed by atoms with Crippen LogP contribution in [0.3, 0.4) is 0 Å². The Morgan fingerprint density at radius 1 is 1.33 bits per heavy atom. The van der Waals surface area contributed by atoms with Crippen LogP contribution in [0.1, 0.15) is 22.8 Å². The van der Waals surface area contributed by atoms with Crippen molar-refractivity contribution >= 4 is 11.6 Å². The molecule has 0 aliphatic carbocycles. The highest BCUT2D eigenvalue weighted by Crippen LogP contribution is 2.16. The molecule has 1 amide bonds. The van der Waals surface area contributed by atoms with Gasteiger partial charge in [0.05, 0.1) is 0 Å². The van der Waals surface area contributed by atoms with Crippen molar-refractivity contribution < 1.29 is 4.79 Å². The van der Waals surface area contributed by atoms with Gasteiger partial charge >= 0.3 is 0 Å². The van der Waals surface area contributed by atoms with Crippen LogP contribution in [0.4, 0.5) is 5.69 Å². The second kappa shape index (κ2) is 7.01. The summed E-state index contributed by atoms with van der Waals surface area (Å²) in [5.41, 5.74) is 2.90. The third-order valence-electron chi connectivity index (χ3n) is 2.70. The third kappa shape index (κ3) is 4.37. The maximum absolute atomic E-state index is 11.9. The summed E-state index contributed by atoms with van der Waals surface area (Å²) in [6.07, 6.45) is 0. The molecule has 0 unspecified atom stereocenters. The highest BCUT2D eigenvalue weighted by atomic mass is 16.1. The van der Waals surface area contributed by atoms with Crippen molar-refractivity contribution in [2.24, 2.45) is 0 Å². The summed E-state index contributed by atoms with van der Waals surface area (Å²) >= 11 is 0. The summed E-state index contributed by atoms with van der Waals surface area (Å²) in [5, 5.41) is 6.17. The van der Waals surface area contributed by atoms with E-state index >= 15 is 0 Å². The Morgan fingerprint density at radius 2 is 2.06 bits per heavy atom. The van der Waals surface area contributed by atoms with Gasteiger partial charge in [0.1, 0.15) is 0 Å². The first kappa shape index (κ1) is 14.5. The third-order valence-corrected chi connectivity index (χ3v) is 2.70. The first-order chi connectivity index (χ1) is 8.54. The number of likely N-dealkylation sites (N-methyl/N-ethyl adjacent to an activating group) is 1. The predicted octanol–water partition coefficient (Wildman–Crippen LogP) is 1.72. The second-order valence-electron chi connectivity index (χ2n) is 4.62. The number of carbonyl (C=O) groups excluding carboxylic acids is 1. The quantitative estimate of drug-likeness (QED) is 0.807. The fourth-order valence-corrected chi connectivity index (χ4v) is 1.69. The molecule has 100 valence electrons. The van der Waals surface area contributed by atoms with Crippen molar-refractivity contribution in [2.45, 2.75) is 13.8 Å². The van der Waals surface area contributed by atoms with E-state index in [-0.39, 0.29) is 5.91 Å². The Hall–Kier alpha value is -1.55. The molecule has 1 aromatic rings. The number of hydrogen-bond acceptors (Lipinski definition) is 3. The molecule has 2 N–H and O–H groups in total. The van der Waals surface area contributed by atoms with E-state index in [1.54, 1.807) is 0 Å². The van der Waals surface area contributed by atoms with Crippen LogP contribution in [0, 0.1) is 6.92 Å². The summed E-state index contributed by atoms with van der Waals surface area (Å²) in [4.78, 5) is 13.9. The summed E-state index contributed by atoms with van der Waals surface area (Å²) < 4.78 is 0. The zero-order chi connectivity index (χ0) is 13.5. The first-order valence-electron chi connectivity index (χ1n) is 6.32. The molecule has 0 saturated heterocycles. The minimum atomic E-state index is -0.0111. The number of carbonyl (C=O) groups is 1. The molecule has 0 fully saturated rings. The molecule has 1 aromatic carbocycles. The maximum atomic E-state index is 11.9. The molecule has 0 aliphatic heterocycles. The molecule has 18 heavy (non-hydrogen) atoms. The number of benzene rings is 1. The molecule has 0 heterocycles. The smallest absolute Gasteiger partial charge is 0.251 e. The molecule has 4 heteroatoms. The van der Waals surface area contributed by atoms with Crippen LogP contribution < -0.4 is 10.6 Å². The predicted molar refractivity (Wildman–Crippen MR) is 76.2 cm³/mol. The van der Waals surface area contributed by atoms with Gasteiger partial charge < -0.3 is 15.5 Å². The molecular weight excluding hydrogens is 226 g/mol. The number of nitrogens with zero attached hydrogens (tertiary/aromatic N) is 1. The molecule has 0 aliphatic rings. The van der Waals surface area contributed by atoms with Crippen molar-refractivity contribution in [3.8, 4) is 0 Å². The number of anilines is 1. The van der Waals surface area contributed by atoms with Crippen LogP contribution in [-0.4, -0.2) is 44.5 Å². The minimum absolute atomic E-state index is 0.0111. The van der Waals surface area contributed by atoms with Gasteiger partial charge in [0.2, 0.25) is 0 Å². The zero-order valence-corrected chi connectivity index (χ0v) is 11.7. The van der Waals surface area contributed by atoms with E-state index in [0.29, 0.717) is 12.1 Å². The number of rotatable bonds is 6. The molecule has 0 bridgehead atoms. The molecule has 0 aromatic heterocycles. The lowest BCUT2D eigenvalue weighted by atomic mass is 10.1. The monoisotopic (exact) mass is 249 g/mol. The van der Waals surface area contributed by atoms with Gasteiger partial charge in [-0.15, -0.1) is 0 Å². The van der Waals surface area contributed by atoms with E-state index in [0.717, 1.165) is 24.3 Å². The van der Waals surface area contributed by atoms with E-state index in [4.69, 9.17) is 0 Å². The number of nitrogens with one attached hydrogen (secondary N) is 2. The fraction of sp³-hybridized carbons (Fsp3) is 0.500. The lowest BCUT2D eigenvalue weighted by Gasteiger charge is -2.12. The lowest BCUT2D eigenvalue weighted by Crippen LogP contribution is -2.31. The second-order valence-corrected chi connectivity index (χ2v) is 4.62. The van der Waals surface area contributed by atoms with Crippen LogP contribution in [0.5, 0.6) is 0 Å². The average molecular weight is 249 g/mol. The standard InChI is InChI=1S/C14H23N3O/c1-5-15-13-7-6-12(10-11(13)2)14(18)16-8-9-17(3)4/h6-7,10,15H,5,8-9H2,1-4H3,(H,16,18). The van der Waals surface area contributed by atoms with Crippen molar-refractivity contribution in [3.05, 3.63) is 29.3 Å². The summed E-state index contributed by atoms with van der Waals surface area (Å²) in [6, 6.07) is 5.73. The van der Waals surface area contributed by atoms with Gasteiger partial charge in [-0.2, -0.15) is 0 Å². The van der Waals surface area contributed by atoms with Gasteiger partial charge in [-0.3, -0.25) is 4.79 Å². The number of aryl methyl sites for hydroxylation is 1. The maximum Gasteiger partial charge on any atom is 0.251 e. The Morgan fingerprint density at radius 3 is 2.61 bits per heavy atom. The number of hydrogen-bond donors (Lipinski definition) is 2. The zero-order valence-electron chi connectivity index (χ0n) is 11.7. The molecule has 0 radical (unpaired) electrons. The van der Waals surface area contributed by atoms with Crippen LogP contribution >= 0.6 is 0 Å². The van der Waals surface area contributed by atoms with Gasteiger partial charge in [-0.25, -0.2) is 0 Å². The highest BCUT2D eigenvalue weighted by Gasteiger charge is 2.06. The van der Waals surface area contributed by atoms with Crippen molar-refractivity contribution in [1.82, 2.24) is 10.2 Å². The topological polar surface area (TPSA) is 44.4 Å². The van der Waals surface area contributed by atoms with Gasteiger partial charge in [-0.1, -0.05) is 0 Å². The van der Waals surface area contributed by atoms with Crippen LogP contribution in [-0.2, 0) is 0 Å². The van der Waals surface area contributed by atoms with Crippen LogP contribution in [0.15, 0.2) is 18.2 Å². The van der Waals surface area contributed by atoms with Crippen molar-refractivity contribution in [3.63, 3.8) is 0 Å². The number of amides is 1. The summed E-state index contributed by atoms with van der Waals surface area (Å²) in [7, 11) is 3.98. The van der Waals surface area contributed by atoms with Crippen molar-refractivity contribution in [2.75, 3.05) is 39.0 Å². The average Bonchev–Trinajstić information content (AvgIpc) is 2.31. The van der Waals surface area contributed by atoms with Crippen LogP contribution in [0.2, 0.25) is 0 Å². The Balaban J connectivity index is 2.61. The highest BCUT2D eigenvalue weighted by molar-refractivity contribution is 5.94. The minimum Gasteiger partial charge on any atom is -0.385 e. The van der Waals surface area contributed by atoms with E-state index in [9.17, 15) is 4.79 Å². The normalized spacial score (nSPS) is 10.5. The first-order valence-corrected chi connectivity index (χ1v) is 6.32. The van der Waals surface area contributed by atoms with Gasteiger partial charge in [0, 0.05) is 30.9 Å². The van der Waals surface area contributed by atoms with Gasteiger partial charge in [0.15, 0.2) is 0 Å². The molecule has 0 spiro atoms. The molecule has 1 rings (SSSR count). The molecule has 0 saturated carbocycles. The van der Waals surface area contributed by atoms with E-state index in [2.05, 4.69) is 17.6 Å². The summed E-state index contributed by atoms with van der Waals surface area (Å²) in [6.45, 7) is 6.46. The van der Waals surface area contributed by atoms with E-state index in [1.165, 1.54) is 0 Å². The largest absolute Gasteiger partial charge is 0.385 e. The van der Waals surface area contributed by atoms with E-state index < -0.39 is 0 Å². The molecule has 0 atom stereocenters. The van der Waals surface area contributed by atoms with Crippen LogP contribution in [0.25, 0.3) is 0 Å². The van der Waals surface area contributed by atoms with Gasteiger partial charge in [0.25, 0.3) is 5.91 Å². The molecular formula is C14H23N3O. The lowest BCUT2D eigenvalue weighted by molar-refractivity contribution is 0.0951. The van der Waals surface area contributed by atoms with Gasteiger partial charge in [-0.05, 0) is 51.7 Å². The fourth-order valence-electron chi connectivity index (χ4n) is 1.69. The SMILES string of the molecule is CCNc1ccc(C(=O)NCCN(C)C)cc1C.